The molecule has 14 heavy (non-hydrogen) atoms. The SMILES string of the molecule is CN1CCN(S(=O)(=O)NCCN)CC1. The van der Waals surface area contributed by atoms with Crippen molar-refractivity contribution in [1.82, 2.24) is 13.9 Å². The zero-order valence-electron chi connectivity index (χ0n) is 8.44. The van der Waals surface area contributed by atoms with Crippen molar-refractivity contribution in [3.63, 3.8) is 0 Å². The third kappa shape index (κ3) is 3.18. The summed E-state index contributed by atoms with van der Waals surface area (Å²) in [4.78, 5) is 2.11. The zero-order chi connectivity index (χ0) is 10.6. The number of nitrogens with one attached hydrogen (secondary N) is 1. The third-order valence-corrected chi connectivity index (χ3v) is 3.84. The molecule has 0 spiro atoms. The Labute approximate surface area is 85.2 Å². The second-order valence-corrected chi connectivity index (χ2v) is 5.15. The molecule has 0 aromatic rings. The van der Waals surface area contributed by atoms with Gasteiger partial charge in [-0.2, -0.15) is 12.7 Å². The maximum Gasteiger partial charge on any atom is 0.279 e. The van der Waals surface area contributed by atoms with Crippen LogP contribution >= 0.6 is 0 Å². The molecule has 1 aliphatic heterocycles. The van der Waals surface area contributed by atoms with E-state index in [-0.39, 0.29) is 0 Å². The molecule has 0 aliphatic carbocycles. The number of hydrogen-bond donors (Lipinski definition) is 2. The summed E-state index contributed by atoms with van der Waals surface area (Å²) >= 11 is 0. The van der Waals surface area contributed by atoms with Crippen molar-refractivity contribution in [1.29, 1.82) is 0 Å². The van der Waals surface area contributed by atoms with E-state index >= 15 is 0 Å². The number of nitrogens with zero attached hydrogens (tertiary/aromatic N) is 2. The minimum Gasteiger partial charge on any atom is -0.329 e. The normalized spacial score (nSPS) is 21.3. The van der Waals surface area contributed by atoms with Crippen LogP contribution in [0.1, 0.15) is 0 Å². The van der Waals surface area contributed by atoms with Crippen molar-refractivity contribution in [2.45, 2.75) is 0 Å². The molecule has 0 radical (unpaired) electrons. The second kappa shape index (κ2) is 5.04. The Hall–Kier alpha value is -0.210. The standard InChI is InChI=1S/C7H18N4O2S/c1-10-4-6-11(7-5-10)14(12,13)9-3-2-8/h9H,2-8H2,1H3. The molecule has 7 heteroatoms. The van der Waals surface area contributed by atoms with E-state index in [4.69, 9.17) is 5.73 Å². The highest BCUT2D eigenvalue weighted by molar-refractivity contribution is 7.87. The molecule has 0 unspecified atom stereocenters. The summed E-state index contributed by atoms with van der Waals surface area (Å²) in [6, 6.07) is 0. The summed E-state index contributed by atoms with van der Waals surface area (Å²) < 4.78 is 27.1. The van der Waals surface area contributed by atoms with Gasteiger partial charge < -0.3 is 10.6 Å². The van der Waals surface area contributed by atoms with Crippen LogP contribution in [-0.2, 0) is 10.2 Å². The summed E-state index contributed by atoms with van der Waals surface area (Å²) in [5.41, 5.74) is 5.23. The number of piperazine rings is 1. The van der Waals surface area contributed by atoms with Gasteiger partial charge in [-0.05, 0) is 7.05 Å². The van der Waals surface area contributed by atoms with Crippen molar-refractivity contribution >= 4 is 10.2 Å². The predicted molar refractivity (Wildman–Crippen MR) is 55.0 cm³/mol. The van der Waals surface area contributed by atoms with Gasteiger partial charge in [0.05, 0.1) is 0 Å². The second-order valence-electron chi connectivity index (χ2n) is 3.39. The van der Waals surface area contributed by atoms with Crippen LogP contribution in [0.3, 0.4) is 0 Å². The summed E-state index contributed by atoms with van der Waals surface area (Å²) in [7, 11) is -1.31. The molecule has 0 atom stereocenters. The molecule has 1 heterocycles. The minimum absolute atomic E-state index is 0.300. The highest BCUT2D eigenvalue weighted by Gasteiger charge is 2.24. The fourth-order valence-electron chi connectivity index (χ4n) is 1.31. The highest BCUT2D eigenvalue weighted by Crippen LogP contribution is 2.03. The van der Waals surface area contributed by atoms with Gasteiger partial charge in [-0.1, -0.05) is 0 Å². The molecule has 1 rings (SSSR count). The molecule has 0 aromatic carbocycles. The van der Waals surface area contributed by atoms with Gasteiger partial charge in [0.15, 0.2) is 0 Å². The van der Waals surface area contributed by atoms with E-state index in [1.54, 1.807) is 0 Å². The van der Waals surface area contributed by atoms with E-state index in [2.05, 4.69) is 9.62 Å². The first-order valence-corrected chi connectivity index (χ1v) is 6.13. The lowest BCUT2D eigenvalue weighted by molar-refractivity contribution is 0.221. The number of rotatable bonds is 4. The third-order valence-electron chi connectivity index (χ3n) is 2.23. The average Bonchev–Trinajstić information content (AvgIpc) is 2.16. The Morgan fingerprint density at radius 3 is 2.36 bits per heavy atom. The van der Waals surface area contributed by atoms with Gasteiger partial charge in [-0.3, -0.25) is 0 Å². The molecule has 84 valence electrons. The maximum atomic E-state index is 11.6. The molecule has 1 saturated heterocycles. The number of likely N-dealkylation sites (N-methyl/N-ethyl adjacent to an activating group) is 1. The van der Waals surface area contributed by atoms with Crippen molar-refractivity contribution in [3.8, 4) is 0 Å². The Kier molecular flexibility index (Phi) is 4.27. The van der Waals surface area contributed by atoms with Crippen LogP contribution in [0.4, 0.5) is 0 Å². The molecule has 0 amide bonds. The van der Waals surface area contributed by atoms with E-state index in [0.29, 0.717) is 26.2 Å². The zero-order valence-corrected chi connectivity index (χ0v) is 9.26. The summed E-state index contributed by atoms with van der Waals surface area (Å²) in [6.45, 7) is 3.29. The average molecular weight is 222 g/mol. The first-order chi connectivity index (χ1) is 6.56. The Morgan fingerprint density at radius 1 is 1.29 bits per heavy atom. The van der Waals surface area contributed by atoms with Crippen LogP contribution < -0.4 is 10.5 Å². The first-order valence-electron chi connectivity index (χ1n) is 4.69. The van der Waals surface area contributed by atoms with Crippen LogP contribution in [-0.4, -0.2) is 63.9 Å². The van der Waals surface area contributed by atoms with Crippen LogP contribution in [0.2, 0.25) is 0 Å². The lowest BCUT2D eigenvalue weighted by Gasteiger charge is -2.31. The Morgan fingerprint density at radius 2 is 1.86 bits per heavy atom. The number of hydrogen-bond acceptors (Lipinski definition) is 4. The van der Waals surface area contributed by atoms with Crippen molar-refractivity contribution in [2.75, 3.05) is 46.3 Å². The van der Waals surface area contributed by atoms with Gasteiger partial charge in [0.25, 0.3) is 10.2 Å². The van der Waals surface area contributed by atoms with Crippen molar-refractivity contribution < 1.29 is 8.42 Å². The van der Waals surface area contributed by atoms with Crippen molar-refractivity contribution in [2.24, 2.45) is 5.73 Å². The van der Waals surface area contributed by atoms with E-state index in [0.717, 1.165) is 13.1 Å². The fourth-order valence-corrected chi connectivity index (χ4v) is 2.51. The smallest absolute Gasteiger partial charge is 0.279 e. The topological polar surface area (TPSA) is 78.7 Å². The van der Waals surface area contributed by atoms with Gasteiger partial charge in [-0.25, -0.2) is 4.72 Å². The van der Waals surface area contributed by atoms with E-state index in [1.807, 2.05) is 7.05 Å². The summed E-state index contributed by atoms with van der Waals surface area (Å²) in [5, 5.41) is 0. The molecule has 0 aromatic heterocycles. The largest absolute Gasteiger partial charge is 0.329 e. The molecular formula is C7H18N4O2S. The highest BCUT2D eigenvalue weighted by atomic mass is 32.2. The predicted octanol–water partition coefficient (Wildman–Crippen LogP) is -1.97. The van der Waals surface area contributed by atoms with Crippen LogP contribution in [0.15, 0.2) is 0 Å². The lowest BCUT2D eigenvalue weighted by atomic mass is 10.4. The van der Waals surface area contributed by atoms with Crippen LogP contribution in [0.5, 0.6) is 0 Å². The van der Waals surface area contributed by atoms with Crippen molar-refractivity contribution in [3.05, 3.63) is 0 Å². The van der Waals surface area contributed by atoms with Gasteiger partial charge in [0.2, 0.25) is 0 Å². The minimum atomic E-state index is -3.29. The Balaban J connectivity index is 2.47. The van der Waals surface area contributed by atoms with Gasteiger partial charge >= 0.3 is 0 Å². The van der Waals surface area contributed by atoms with Gasteiger partial charge in [0.1, 0.15) is 0 Å². The van der Waals surface area contributed by atoms with Gasteiger partial charge in [0, 0.05) is 39.3 Å². The summed E-state index contributed by atoms with van der Waals surface area (Å²) in [6.07, 6.45) is 0. The van der Waals surface area contributed by atoms with Crippen LogP contribution in [0, 0.1) is 0 Å². The molecule has 0 saturated carbocycles. The maximum absolute atomic E-state index is 11.6. The lowest BCUT2D eigenvalue weighted by Crippen LogP contribution is -2.51. The molecule has 0 bridgehead atoms. The van der Waals surface area contributed by atoms with E-state index in [1.165, 1.54) is 4.31 Å². The molecule has 6 nitrogen and oxygen atoms in total. The molecule has 3 N–H and O–H groups in total. The molecule has 1 fully saturated rings. The Bertz CT molecular complexity index is 259. The quantitative estimate of drug-likeness (QED) is 0.578. The summed E-state index contributed by atoms with van der Waals surface area (Å²) in [5.74, 6) is 0. The van der Waals surface area contributed by atoms with Crippen LogP contribution in [0.25, 0.3) is 0 Å². The monoisotopic (exact) mass is 222 g/mol. The van der Waals surface area contributed by atoms with E-state index in [9.17, 15) is 8.42 Å². The molecular weight excluding hydrogens is 204 g/mol. The van der Waals surface area contributed by atoms with Gasteiger partial charge in [-0.15, -0.1) is 0 Å². The number of nitrogens with two attached hydrogens (primary N) is 1. The first kappa shape index (κ1) is 11.9. The molecule has 1 aliphatic rings. The fraction of sp³-hybridized carbons (Fsp3) is 1.00. The van der Waals surface area contributed by atoms with E-state index < -0.39 is 10.2 Å².